The molecule has 0 saturated carbocycles. The molecule has 23 heavy (non-hydrogen) atoms. The number of aryl methyl sites for hydroxylation is 1. The number of carbonyl (C=O) groups excluding carboxylic acids is 1. The van der Waals surface area contributed by atoms with Gasteiger partial charge in [0.15, 0.2) is 0 Å². The second-order valence-corrected chi connectivity index (χ2v) is 7.85. The number of primary amides is 1. The molecule has 1 aliphatic rings. The number of rotatable bonds is 3. The molecule has 0 aliphatic carbocycles. The summed E-state index contributed by atoms with van der Waals surface area (Å²) in [6.07, 6.45) is 1.62. The summed E-state index contributed by atoms with van der Waals surface area (Å²) in [6, 6.07) is 6.68. The molecule has 0 radical (unpaired) electrons. The fraction of sp³-hybridized carbons (Fsp3) is 0.267. The number of fused-ring (bicyclic) bond motifs is 1. The molecule has 0 saturated heterocycles. The Balaban J connectivity index is 1.98. The van der Waals surface area contributed by atoms with E-state index in [1.807, 2.05) is 6.92 Å². The maximum atomic E-state index is 12.8. The number of benzene rings is 1. The zero-order valence-electron chi connectivity index (χ0n) is 12.5. The van der Waals surface area contributed by atoms with Crippen LogP contribution in [0.4, 0.5) is 0 Å². The maximum Gasteiger partial charge on any atom is 0.252 e. The SMILES string of the molecule is Cc1ccc(S(=O)(=O)N2CCn3cc(Cl)c(C(N)=O)c3C2)cc1. The molecular weight excluding hydrogens is 338 g/mol. The normalized spacial score (nSPS) is 15.4. The quantitative estimate of drug-likeness (QED) is 0.912. The summed E-state index contributed by atoms with van der Waals surface area (Å²) in [4.78, 5) is 11.8. The number of carbonyl (C=O) groups is 1. The van der Waals surface area contributed by atoms with Gasteiger partial charge >= 0.3 is 0 Å². The fourth-order valence-electron chi connectivity index (χ4n) is 2.72. The molecule has 0 spiro atoms. The highest BCUT2D eigenvalue weighted by molar-refractivity contribution is 7.89. The molecule has 1 amide bonds. The molecule has 2 heterocycles. The number of halogens is 1. The Labute approximate surface area is 139 Å². The van der Waals surface area contributed by atoms with E-state index in [0.29, 0.717) is 18.8 Å². The van der Waals surface area contributed by atoms with E-state index in [1.54, 1.807) is 35.0 Å². The third-order valence-corrected chi connectivity index (χ3v) is 6.11. The van der Waals surface area contributed by atoms with Crippen LogP contribution >= 0.6 is 11.6 Å². The average molecular weight is 354 g/mol. The highest BCUT2D eigenvalue weighted by Crippen LogP contribution is 2.29. The van der Waals surface area contributed by atoms with Crippen molar-refractivity contribution >= 4 is 27.5 Å². The minimum absolute atomic E-state index is 0.0706. The number of hydrogen-bond donors (Lipinski definition) is 1. The van der Waals surface area contributed by atoms with Crippen molar-refractivity contribution < 1.29 is 13.2 Å². The molecular formula is C15H16ClN3O3S. The largest absolute Gasteiger partial charge is 0.365 e. The van der Waals surface area contributed by atoms with Crippen LogP contribution in [0.15, 0.2) is 35.4 Å². The van der Waals surface area contributed by atoms with Crippen molar-refractivity contribution in [3.63, 3.8) is 0 Å². The predicted octanol–water partition coefficient (Wildman–Crippen LogP) is 1.75. The van der Waals surface area contributed by atoms with Gasteiger partial charge in [0.2, 0.25) is 10.0 Å². The van der Waals surface area contributed by atoms with Crippen molar-refractivity contribution in [2.75, 3.05) is 6.54 Å². The molecule has 1 aliphatic heterocycles. The average Bonchev–Trinajstić information content (AvgIpc) is 2.82. The Morgan fingerprint density at radius 3 is 2.48 bits per heavy atom. The van der Waals surface area contributed by atoms with Crippen LogP contribution in [0.3, 0.4) is 0 Å². The third kappa shape index (κ3) is 2.75. The van der Waals surface area contributed by atoms with Gasteiger partial charge in [0, 0.05) is 25.0 Å². The van der Waals surface area contributed by atoms with E-state index in [2.05, 4.69) is 0 Å². The van der Waals surface area contributed by atoms with E-state index in [4.69, 9.17) is 17.3 Å². The van der Waals surface area contributed by atoms with Gasteiger partial charge < -0.3 is 10.3 Å². The zero-order valence-corrected chi connectivity index (χ0v) is 14.1. The molecule has 122 valence electrons. The minimum Gasteiger partial charge on any atom is -0.365 e. The van der Waals surface area contributed by atoms with E-state index < -0.39 is 15.9 Å². The van der Waals surface area contributed by atoms with E-state index >= 15 is 0 Å². The number of nitrogens with zero attached hydrogens (tertiary/aromatic N) is 2. The summed E-state index contributed by atoms with van der Waals surface area (Å²) < 4.78 is 28.7. The van der Waals surface area contributed by atoms with Crippen LogP contribution in [0, 0.1) is 6.92 Å². The maximum absolute atomic E-state index is 12.8. The molecule has 0 unspecified atom stereocenters. The second-order valence-electron chi connectivity index (χ2n) is 5.51. The van der Waals surface area contributed by atoms with Crippen molar-refractivity contribution in [2.24, 2.45) is 5.73 Å². The van der Waals surface area contributed by atoms with Crippen molar-refractivity contribution in [3.05, 3.63) is 52.3 Å². The monoisotopic (exact) mass is 353 g/mol. The first-order valence-electron chi connectivity index (χ1n) is 7.05. The number of nitrogens with two attached hydrogens (primary N) is 1. The first-order valence-corrected chi connectivity index (χ1v) is 8.86. The lowest BCUT2D eigenvalue weighted by Gasteiger charge is -2.28. The molecule has 1 aromatic carbocycles. The summed E-state index contributed by atoms with van der Waals surface area (Å²) in [7, 11) is -3.63. The number of aromatic nitrogens is 1. The Hall–Kier alpha value is -1.83. The second kappa shape index (κ2) is 5.67. The summed E-state index contributed by atoms with van der Waals surface area (Å²) >= 11 is 6.04. The van der Waals surface area contributed by atoms with Crippen LogP contribution in [-0.2, 0) is 23.1 Å². The molecule has 6 nitrogen and oxygen atoms in total. The Kier molecular flexibility index (Phi) is 3.95. The van der Waals surface area contributed by atoms with Gasteiger partial charge in [-0.2, -0.15) is 4.31 Å². The van der Waals surface area contributed by atoms with Crippen LogP contribution < -0.4 is 5.73 Å². The summed E-state index contributed by atoms with van der Waals surface area (Å²) in [5.74, 6) is -0.654. The minimum atomic E-state index is -3.63. The molecule has 2 N–H and O–H groups in total. The summed E-state index contributed by atoms with van der Waals surface area (Å²) in [5, 5.41) is 0.252. The van der Waals surface area contributed by atoms with Crippen LogP contribution in [0.1, 0.15) is 21.6 Å². The highest BCUT2D eigenvalue weighted by atomic mass is 35.5. The lowest BCUT2D eigenvalue weighted by atomic mass is 10.2. The zero-order chi connectivity index (χ0) is 16.8. The fourth-order valence-corrected chi connectivity index (χ4v) is 4.43. The summed E-state index contributed by atoms with van der Waals surface area (Å²) in [6.45, 7) is 2.70. The van der Waals surface area contributed by atoms with Gasteiger partial charge in [-0.05, 0) is 19.1 Å². The predicted molar refractivity (Wildman–Crippen MR) is 86.7 cm³/mol. The van der Waals surface area contributed by atoms with Gasteiger partial charge in [-0.25, -0.2) is 8.42 Å². The molecule has 0 atom stereocenters. The smallest absolute Gasteiger partial charge is 0.252 e. The van der Waals surface area contributed by atoms with Crippen LogP contribution in [-0.4, -0.2) is 29.7 Å². The summed E-state index contributed by atoms with van der Waals surface area (Å²) in [5.41, 5.74) is 7.07. The standard InChI is InChI=1S/C15H16ClN3O3S/c1-10-2-4-11(5-3-10)23(21,22)19-7-6-18-8-12(16)14(15(17)20)13(18)9-19/h2-5,8H,6-7,9H2,1H3,(H2,17,20). The lowest BCUT2D eigenvalue weighted by molar-refractivity contribution is 0.0998. The van der Waals surface area contributed by atoms with Crippen molar-refractivity contribution in [1.82, 2.24) is 8.87 Å². The lowest BCUT2D eigenvalue weighted by Crippen LogP contribution is -2.38. The van der Waals surface area contributed by atoms with Gasteiger partial charge in [0.05, 0.1) is 22.0 Å². The van der Waals surface area contributed by atoms with E-state index in [-0.39, 0.29) is 22.0 Å². The van der Waals surface area contributed by atoms with Gasteiger partial charge in [-0.3, -0.25) is 4.79 Å². The van der Waals surface area contributed by atoms with Gasteiger partial charge in [0.25, 0.3) is 5.91 Å². The van der Waals surface area contributed by atoms with Gasteiger partial charge in [0.1, 0.15) is 0 Å². The molecule has 1 aromatic heterocycles. The molecule has 0 fully saturated rings. The van der Waals surface area contributed by atoms with E-state index in [0.717, 1.165) is 5.56 Å². The molecule has 3 rings (SSSR count). The van der Waals surface area contributed by atoms with Crippen molar-refractivity contribution in [3.8, 4) is 0 Å². The Bertz CT molecular complexity index is 872. The topological polar surface area (TPSA) is 85.4 Å². The number of hydrogen-bond acceptors (Lipinski definition) is 3. The number of sulfonamides is 1. The van der Waals surface area contributed by atoms with E-state index in [1.165, 1.54) is 4.31 Å². The van der Waals surface area contributed by atoms with Crippen LogP contribution in [0.2, 0.25) is 5.02 Å². The molecule has 8 heteroatoms. The van der Waals surface area contributed by atoms with Crippen molar-refractivity contribution in [1.29, 1.82) is 0 Å². The first-order chi connectivity index (χ1) is 10.8. The van der Waals surface area contributed by atoms with Gasteiger partial charge in [-0.15, -0.1) is 0 Å². The van der Waals surface area contributed by atoms with Gasteiger partial charge in [-0.1, -0.05) is 29.3 Å². The first kappa shape index (κ1) is 16.0. The molecule has 2 aromatic rings. The van der Waals surface area contributed by atoms with Crippen molar-refractivity contribution in [2.45, 2.75) is 24.9 Å². The number of amides is 1. The van der Waals surface area contributed by atoms with Crippen LogP contribution in [0.25, 0.3) is 0 Å². The highest BCUT2D eigenvalue weighted by Gasteiger charge is 2.31. The third-order valence-electron chi connectivity index (χ3n) is 3.96. The molecule has 0 bridgehead atoms. The Morgan fingerprint density at radius 1 is 1.22 bits per heavy atom. The van der Waals surface area contributed by atoms with Crippen LogP contribution in [0.5, 0.6) is 0 Å². The van der Waals surface area contributed by atoms with E-state index in [9.17, 15) is 13.2 Å². The Morgan fingerprint density at radius 2 is 1.87 bits per heavy atom.